The molecule has 0 unspecified atom stereocenters. The van der Waals surface area contributed by atoms with Crippen molar-refractivity contribution in [2.24, 2.45) is 0 Å². The van der Waals surface area contributed by atoms with Gasteiger partial charge in [0.15, 0.2) is 6.61 Å². The number of carbonyl (C=O) groups excluding carboxylic acids is 1. The Morgan fingerprint density at radius 2 is 1.77 bits per heavy atom. The minimum atomic E-state index is -4.39. The largest absolute Gasteiger partial charge is 0.484 e. The van der Waals surface area contributed by atoms with Gasteiger partial charge in [-0.3, -0.25) is 4.79 Å². The van der Waals surface area contributed by atoms with Gasteiger partial charge in [0.05, 0.1) is 5.56 Å². The highest BCUT2D eigenvalue weighted by molar-refractivity contribution is 5.80. The van der Waals surface area contributed by atoms with Crippen LogP contribution in [-0.4, -0.2) is 23.5 Å². The Labute approximate surface area is 169 Å². The third-order valence-corrected chi connectivity index (χ3v) is 4.90. The Bertz CT molecular complexity index is 1120. The normalized spacial score (nSPS) is 14.0. The number of amides is 1. The summed E-state index contributed by atoms with van der Waals surface area (Å²) < 4.78 is 48.9. The van der Waals surface area contributed by atoms with E-state index in [1.165, 1.54) is 18.2 Å². The monoisotopic (exact) mass is 417 g/mol. The van der Waals surface area contributed by atoms with Gasteiger partial charge in [0.25, 0.3) is 5.91 Å². The SMILES string of the molecule is O=C(COc1ccc2ccc(=O)oc2c1)N(Cc1ccc(C(F)(F)F)cc1)C1CC1. The lowest BCUT2D eigenvalue weighted by atomic mass is 10.1. The van der Waals surface area contributed by atoms with E-state index >= 15 is 0 Å². The lowest BCUT2D eigenvalue weighted by molar-refractivity contribution is -0.138. The molecule has 1 aliphatic rings. The molecule has 1 fully saturated rings. The van der Waals surface area contributed by atoms with E-state index in [1.807, 2.05) is 0 Å². The summed E-state index contributed by atoms with van der Waals surface area (Å²) in [5.74, 6) is 0.127. The topological polar surface area (TPSA) is 59.8 Å². The molecule has 5 nitrogen and oxygen atoms in total. The molecule has 0 atom stereocenters. The lowest BCUT2D eigenvalue weighted by Gasteiger charge is -2.23. The number of halogens is 3. The standard InChI is InChI=1S/C22H18F3NO4/c23-22(24,25)16-5-1-14(2-6-16)12-26(17-7-8-17)20(27)13-29-18-9-3-15-4-10-21(28)30-19(15)11-18/h1-6,9-11,17H,7-8,12-13H2. The van der Waals surface area contributed by atoms with Crippen LogP contribution in [-0.2, 0) is 17.5 Å². The maximum absolute atomic E-state index is 12.7. The first-order valence-corrected chi connectivity index (χ1v) is 9.42. The minimum absolute atomic E-state index is 0.0676. The van der Waals surface area contributed by atoms with Crippen molar-refractivity contribution in [1.82, 2.24) is 4.90 Å². The van der Waals surface area contributed by atoms with Crippen molar-refractivity contribution in [3.05, 3.63) is 76.1 Å². The molecule has 0 spiro atoms. The van der Waals surface area contributed by atoms with Crippen LogP contribution in [0.4, 0.5) is 13.2 Å². The fourth-order valence-corrected chi connectivity index (χ4v) is 3.16. The Morgan fingerprint density at radius 1 is 1.07 bits per heavy atom. The van der Waals surface area contributed by atoms with E-state index in [-0.39, 0.29) is 25.1 Å². The molecule has 8 heteroatoms. The Hall–Kier alpha value is -3.29. The minimum Gasteiger partial charge on any atom is -0.484 e. The van der Waals surface area contributed by atoms with Crippen LogP contribution in [0.2, 0.25) is 0 Å². The van der Waals surface area contributed by atoms with E-state index in [0.717, 1.165) is 30.4 Å². The summed E-state index contributed by atoms with van der Waals surface area (Å²) in [6.45, 7) is -0.00268. The number of nitrogens with zero attached hydrogens (tertiary/aromatic N) is 1. The number of alkyl halides is 3. The van der Waals surface area contributed by atoms with Crippen LogP contribution in [0, 0.1) is 0 Å². The van der Waals surface area contributed by atoms with E-state index in [4.69, 9.17) is 9.15 Å². The summed E-state index contributed by atoms with van der Waals surface area (Å²) in [7, 11) is 0. The second-order valence-corrected chi connectivity index (χ2v) is 7.19. The first-order chi connectivity index (χ1) is 14.3. The van der Waals surface area contributed by atoms with Crippen LogP contribution in [0.3, 0.4) is 0 Å². The van der Waals surface area contributed by atoms with Crippen LogP contribution in [0.5, 0.6) is 5.75 Å². The molecule has 3 aromatic rings. The van der Waals surface area contributed by atoms with E-state index < -0.39 is 17.4 Å². The molecule has 0 aliphatic heterocycles. The van der Waals surface area contributed by atoms with Gasteiger partial charge in [-0.25, -0.2) is 4.79 Å². The predicted molar refractivity (Wildman–Crippen MR) is 103 cm³/mol. The molecular weight excluding hydrogens is 399 g/mol. The fraction of sp³-hybridized carbons (Fsp3) is 0.273. The number of rotatable bonds is 6. The number of hydrogen-bond donors (Lipinski definition) is 0. The molecule has 2 aromatic carbocycles. The molecule has 0 N–H and O–H groups in total. The number of carbonyl (C=O) groups is 1. The Kier molecular flexibility index (Phi) is 5.24. The van der Waals surface area contributed by atoms with E-state index in [9.17, 15) is 22.8 Å². The average molecular weight is 417 g/mol. The molecule has 1 aliphatic carbocycles. The number of fused-ring (bicyclic) bond motifs is 1. The molecule has 0 radical (unpaired) electrons. The lowest BCUT2D eigenvalue weighted by Crippen LogP contribution is -2.36. The third kappa shape index (κ3) is 4.64. The molecule has 156 valence electrons. The van der Waals surface area contributed by atoms with E-state index in [1.54, 1.807) is 29.2 Å². The molecule has 1 heterocycles. The van der Waals surface area contributed by atoms with Gasteiger partial charge < -0.3 is 14.1 Å². The van der Waals surface area contributed by atoms with Gasteiger partial charge in [-0.2, -0.15) is 13.2 Å². The first-order valence-electron chi connectivity index (χ1n) is 9.42. The highest BCUT2D eigenvalue weighted by Gasteiger charge is 2.33. The van der Waals surface area contributed by atoms with Crippen molar-refractivity contribution in [2.45, 2.75) is 31.6 Å². The third-order valence-electron chi connectivity index (χ3n) is 4.90. The van der Waals surface area contributed by atoms with Crippen molar-refractivity contribution < 1.29 is 27.1 Å². The van der Waals surface area contributed by atoms with Crippen LogP contribution < -0.4 is 10.4 Å². The van der Waals surface area contributed by atoms with Gasteiger partial charge >= 0.3 is 11.8 Å². The van der Waals surface area contributed by atoms with E-state index in [2.05, 4.69) is 0 Å². The van der Waals surface area contributed by atoms with Crippen molar-refractivity contribution >= 4 is 16.9 Å². The van der Waals surface area contributed by atoms with Crippen molar-refractivity contribution in [3.8, 4) is 5.75 Å². The number of hydrogen-bond acceptors (Lipinski definition) is 4. The van der Waals surface area contributed by atoms with Gasteiger partial charge in [-0.05, 0) is 48.7 Å². The number of benzene rings is 2. The average Bonchev–Trinajstić information content (AvgIpc) is 3.54. The summed E-state index contributed by atoms with van der Waals surface area (Å²) in [5.41, 5.74) is -0.221. The molecular formula is C22H18F3NO4. The van der Waals surface area contributed by atoms with Crippen molar-refractivity contribution in [3.63, 3.8) is 0 Å². The van der Waals surface area contributed by atoms with Gasteiger partial charge in [-0.15, -0.1) is 0 Å². The van der Waals surface area contributed by atoms with Crippen LogP contribution in [0.1, 0.15) is 24.0 Å². The van der Waals surface area contributed by atoms with Gasteiger partial charge in [0, 0.05) is 30.1 Å². The molecule has 1 aromatic heterocycles. The molecule has 1 amide bonds. The summed E-state index contributed by atoms with van der Waals surface area (Å²) in [6.07, 6.45) is -2.68. The predicted octanol–water partition coefficient (Wildman–Crippen LogP) is 4.38. The van der Waals surface area contributed by atoms with Crippen molar-refractivity contribution in [2.75, 3.05) is 6.61 Å². The summed E-state index contributed by atoms with van der Waals surface area (Å²) in [4.78, 5) is 25.7. The van der Waals surface area contributed by atoms with Gasteiger partial charge in [0.2, 0.25) is 0 Å². The highest BCUT2D eigenvalue weighted by atomic mass is 19.4. The van der Waals surface area contributed by atoms with Crippen LogP contribution >= 0.6 is 0 Å². The molecule has 30 heavy (non-hydrogen) atoms. The second kappa shape index (κ2) is 7.85. The zero-order valence-corrected chi connectivity index (χ0v) is 15.8. The fourth-order valence-electron chi connectivity index (χ4n) is 3.16. The van der Waals surface area contributed by atoms with Gasteiger partial charge in [0.1, 0.15) is 11.3 Å². The highest BCUT2D eigenvalue weighted by Crippen LogP contribution is 2.31. The summed E-state index contributed by atoms with van der Waals surface area (Å²) >= 11 is 0. The Balaban J connectivity index is 1.42. The summed E-state index contributed by atoms with van der Waals surface area (Å²) in [6, 6.07) is 12.8. The molecule has 0 saturated heterocycles. The Morgan fingerprint density at radius 3 is 2.43 bits per heavy atom. The zero-order chi connectivity index (χ0) is 21.3. The first kappa shape index (κ1) is 20.0. The van der Waals surface area contributed by atoms with Crippen LogP contribution in [0.25, 0.3) is 11.0 Å². The quantitative estimate of drug-likeness (QED) is 0.559. The molecule has 0 bridgehead atoms. The molecule has 4 rings (SSSR count). The van der Waals surface area contributed by atoms with Crippen molar-refractivity contribution in [1.29, 1.82) is 0 Å². The number of ether oxygens (including phenoxy) is 1. The zero-order valence-electron chi connectivity index (χ0n) is 15.8. The molecule has 1 saturated carbocycles. The second-order valence-electron chi connectivity index (χ2n) is 7.19. The van der Waals surface area contributed by atoms with Crippen LogP contribution in [0.15, 0.2) is 63.8 Å². The van der Waals surface area contributed by atoms with Gasteiger partial charge in [-0.1, -0.05) is 12.1 Å². The smallest absolute Gasteiger partial charge is 0.416 e. The van der Waals surface area contributed by atoms with E-state index in [0.29, 0.717) is 16.9 Å². The maximum Gasteiger partial charge on any atom is 0.416 e. The summed E-state index contributed by atoms with van der Waals surface area (Å²) in [5, 5.41) is 0.732. The maximum atomic E-state index is 12.7.